The Balaban J connectivity index is 1.86. The number of anilines is 1. The van der Waals surface area contributed by atoms with Gasteiger partial charge in [-0.1, -0.05) is 37.0 Å². The monoisotopic (exact) mass is 515 g/mol. The molecule has 2 aromatic heterocycles. The lowest BCUT2D eigenvalue weighted by atomic mass is 10.1. The van der Waals surface area contributed by atoms with Gasteiger partial charge in [-0.25, -0.2) is 4.98 Å². The summed E-state index contributed by atoms with van der Waals surface area (Å²) >= 11 is 6.49. The molecule has 0 bridgehead atoms. The fraction of sp³-hybridized carbons (Fsp3) is 0.391. The smallest absolute Gasteiger partial charge is 0.308 e. The Labute approximate surface area is 211 Å². The van der Waals surface area contributed by atoms with E-state index >= 15 is 0 Å². The first-order valence-corrected chi connectivity index (χ1v) is 12.5. The van der Waals surface area contributed by atoms with Crippen molar-refractivity contribution in [2.45, 2.75) is 32.7 Å². The average Bonchev–Trinajstić information content (AvgIpc) is 3.10. The summed E-state index contributed by atoms with van der Waals surface area (Å²) in [5.74, 6) is -0.936. The third kappa shape index (κ3) is 4.94. The van der Waals surface area contributed by atoms with E-state index in [1.807, 2.05) is 6.92 Å². The van der Waals surface area contributed by atoms with Crippen molar-refractivity contribution in [3.63, 3.8) is 0 Å². The lowest BCUT2D eigenvalue weighted by Crippen LogP contribution is -2.57. The number of pyridine rings is 1. The Hall–Kier alpha value is -3.25. The average molecular weight is 516 g/mol. The molecule has 0 aromatic carbocycles. The Morgan fingerprint density at radius 1 is 1.31 bits per heavy atom. The van der Waals surface area contributed by atoms with Crippen LogP contribution in [0.25, 0.3) is 11.7 Å². The number of thioether (sulfide) groups is 1. The van der Waals surface area contributed by atoms with E-state index in [-0.39, 0.29) is 36.2 Å². The number of piperazine rings is 1. The standard InChI is InChI=1S/C23H25N5O5S2/c1-3-9-28-22(32)16(35-23(28)34)12-14-19(25-17-7-5-6-10-27(17)21(14)31)26-11-8-24-20(30)15(26)13-18(29)33-4-2/h5-7,10,12,15H,3-4,8-9,11,13H2,1-2H3,(H,24,30)/b16-12-/t15-/m1/s1. The topological polar surface area (TPSA) is 113 Å². The number of carbonyl (C=O) groups excluding carboxylic acids is 3. The highest BCUT2D eigenvalue weighted by Crippen LogP contribution is 2.34. The highest BCUT2D eigenvalue weighted by atomic mass is 32.2. The van der Waals surface area contributed by atoms with E-state index in [2.05, 4.69) is 10.3 Å². The van der Waals surface area contributed by atoms with Crippen LogP contribution < -0.4 is 15.8 Å². The van der Waals surface area contributed by atoms with Crippen molar-refractivity contribution in [2.75, 3.05) is 31.1 Å². The largest absolute Gasteiger partial charge is 0.466 e. The SMILES string of the molecule is CCCN1C(=O)/C(=C/c2c(N3CCNC(=O)[C@H]3CC(=O)OCC)nc3ccccn3c2=O)SC1=S. The number of rotatable bonds is 7. The van der Waals surface area contributed by atoms with Crippen molar-refractivity contribution < 1.29 is 19.1 Å². The second-order valence-electron chi connectivity index (χ2n) is 7.93. The van der Waals surface area contributed by atoms with Crippen LogP contribution in [-0.4, -0.2) is 68.7 Å². The van der Waals surface area contributed by atoms with Gasteiger partial charge in [-0.15, -0.1) is 0 Å². The molecular formula is C23H25N5O5S2. The summed E-state index contributed by atoms with van der Waals surface area (Å²) in [6, 6.07) is 4.22. The molecule has 12 heteroatoms. The van der Waals surface area contributed by atoms with Crippen LogP contribution in [0.2, 0.25) is 0 Å². The summed E-state index contributed by atoms with van der Waals surface area (Å²) in [6.45, 7) is 4.95. The molecule has 2 fully saturated rings. The second-order valence-corrected chi connectivity index (χ2v) is 9.60. The number of carbonyl (C=O) groups is 3. The van der Waals surface area contributed by atoms with E-state index in [1.165, 1.54) is 15.4 Å². The first-order valence-electron chi connectivity index (χ1n) is 11.3. The summed E-state index contributed by atoms with van der Waals surface area (Å²) in [6.07, 6.45) is 3.62. The van der Waals surface area contributed by atoms with Crippen molar-refractivity contribution in [3.05, 3.63) is 45.2 Å². The third-order valence-corrected chi connectivity index (χ3v) is 6.99. The summed E-state index contributed by atoms with van der Waals surface area (Å²) < 4.78 is 6.87. The van der Waals surface area contributed by atoms with Gasteiger partial charge in [0.05, 0.1) is 23.5 Å². The van der Waals surface area contributed by atoms with Gasteiger partial charge in [0.2, 0.25) is 5.91 Å². The van der Waals surface area contributed by atoms with Crippen LogP contribution in [0.5, 0.6) is 0 Å². The van der Waals surface area contributed by atoms with Crippen LogP contribution in [0.15, 0.2) is 34.1 Å². The first kappa shape index (κ1) is 24.9. The summed E-state index contributed by atoms with van der Waals surface area (Å²) in [5, 5.41) is 2.76. The zero-order valence-corrected chi connectivity index (χ0v) is 21.0. The number of nitrogens with zero attached hydrogens (tertiary/aromatic N) is 4. The molecule has 2 saturated heterocycles. The van der Waals surface area contributed by atoms with Crippen LogP contribution in [0.4, 0.5) is 5.82 Å². The van der Waals surface area contributed by atoms with Crippen molar-refractivity contribution in [2.24, 2.45) is 0 Å². The van der Waals surface area contributed by atoms with Gasteiger partial charge in [0.25, 0.3) is 11.5 Å². The predicted molar refractivity (Wildman–Crippen MR) is 137 cm³/mol. The molecule has 2 aliphatic heterocycles. The van der Waals surface area contributed by atoms with Gasteiger partial charge in [-0.2, -0.15) is 0 Å². The summed E-state index contributed by atoms with van der Waals surface area (Å²) in [7, 11) is 0. The fourth-order valence-electron chi connectivity index (χ4n) is 4.03. The minimum Gasteiger partial charge on any atom is -0.466 e. The van der Waals surface area contributed by atoms with Gasteiger partial charge in [-0.3, -0.25) is 28.5 Å². The number of amides is 2. The molecule has 0 saturated carbocycles. The molecule has 2 aliphatic rings. The quantitative estimate of drug-likeness (QED) is 0.333. The van der Waals surface area contributed by atoms with Crippen LogP contribution in [0, 0.1) is 0 Å². The number of aromatic nitrogens is 2. The highest BCUT2D eigenvalue weighted by molar-refractivity contribution is 8.26. The molecule has 35 heavy (non-hydrogen) atoms. The molecule has 4 rings (SSSR count). The van der Waals surface area contributed by atoms with E-state index in [9.17, 15) is 19.2 Å². The van der Waals surface area contributed by atoms with E-state index in [0.717, 1.165) is 18.2 Å². The number of esters is 1. The number of ether oxygens (including phenoxy) is 1. The van der Waals surface area contributed by atoms with Gasteiger partial charge < -0.3 is 15.0 Å². The minimum atomic E-state index is -0.914. The molecule has 1 N–H and O–H groups in total. The molecule has 10 nitrogen and oxygen atoms in total. The Bertz CT molecular complexity index is 1290. The van der Waals surface area contributed by atoms with E-state index in [0.29, 0.717) is 34.5 Å². The van der Waals surface area contributed by atoms with Crippen LogP contribution in [0.3, 0.4) is 0 Å². The molecule has 0 unspecified atom stereocenters. The number of fused-ring (bicyclic) bond motifs is 1. The van der Waals surface area contributed by atoms with Gasteiger partial charge in [0.15, 0.2) is 0 Å². The number of nitrogens with one attached hydrogen (secondary N) is 1. The van der Waals surface area contributed by atoms with Crippen molar-refractivity contribution >= 4 is 63.6 Å². The van der Waals surface area contributed by atoms with Gasteiger partial charge in [0.1, 0.15) is 21.8 Å². The highest BCUT2D eigenvalue weighted by Gasteiger charge is 2.36. The zero-order valence-electron chi connectivity index (χ0n) is 19.4. The Morgan fingerprint density at radius 3 is 2.86 bits per heavy atom. The van der Waals surface area contributed by atoms with Crippen molar-refractivity contribution in [1.82, 2.24) is 19.6 Å². The molecule has 2 amide bonds. The predicted octanol–water partition coefficient (Wildman–Crippen LogP) is 1.56. The van der Waals surface area contributed by atoms with E-state index in [4.69, 9.17) is 17.0 Å². The van der Waals surface area contributed by atoms with Crippen LogP contribution in [0.1, 0.15) is 32.3 Å². The Kier molecular flexibility index (Phi) is 7.51. The van der Waals surface area contributed by atoms with Gasteiger partial charge >= 0.3 is 5.97 Å². The Morgan fingerprint density at radius 2 is 2.11 bits per heavy atom. The lowest BCUT2D eigenvalue weighted by molar-refractivity contribution is -0.145. The molecule has 0 spiro atoms. The maximum atomic E-state index is 13.6. The van der Waals surface area contributed by atoms with Gasteiger partial charge in [0, 0.05) is 25.8 Å². The zero-order chi connectivity index (χ0) is 25.1. The van der Waals surface area contributed by atoms with Crippen LogP contribution in [-0.2, 0) is 19.1 Å². The van der Waals surface area contributed by atoms with Crippen molar-refractivity contribution in [1.29, 1.82) is 0 Å². The maximum Gasteiger partial charge on any atom is 0.308 e. The normalized spacial score (nSPS) is 19.5. The first-order chi connectivity index (χ1) is 16.8. The molecule has 4 heterocycles. The fourth-order valence-corrected chi connectivity index (χ4v) is 5.32. The van der Waals surface area contributed by atoms with E-state index in [1.54, 1.807) is 36.2 Å². The molecule has 2 aromatic rings. The van der Waals surface area contributed by atoms with E-state index < -0.39 is 17.6 Å². The van der Waals surface area contributed by atoms with Crippen LogP contribution >= 0.6 is 24.0 Å². The molecule has 1 atom stereocenters. The second kappa shape index (κ2) is 10.6. The molecule has 184 valence electrons. The summed E-state index contributed by atoms with van der Waals surface area (Å²) in [5.41, 5.74) is 0.130. The number of thiocarbonyl (C=S) groups is 1. The third-order valence-electron chi connectivity index (χ3n) is 5.61. The minimum absolute atomic E-state index is 0.147. The molecule has 0 aliphatic carbocycles. The number of hydrogen-bond donors (Lipinski definition) is 1. The molecule has 0 radical (unpaired) electrons. The van der Waals surface area contributed by atoms with Crippen molar-refractivity contribution in [3.8, 4) is 0 Å². The summed E-state index contributed by atoms with van der Waals surface area (Å²) in [4.78, 5) is 59.7. The lowest BCUT2D eigenvalue weighted by Gasteiger charge is -2.36. The molecular weight excluding hydrogens is 490 g/mol. The number of hydrogen-bond acceptors (Lipinski definition) is 9. The van der Waals surface area contributed by atoms with Gasteiger partial charge in [-0.05, 0) is 31.6 Å². The maximum absolute atomic E-state index is 13.6.